The predicted molar refractivity (Wildman–Crippen MR) is 196 cm³/mol. The highest BCUT2D eigenvalue weighted by atomic mass is 19.1. The highest BCUT2D eigenvalue weighted by Crippen LogP contribution is 2.42. The minimum atomic E-state index is -1.18. The number of carbonyl (C=O) groups is 2. The zero-order chi connectivity index (χ0) is 36.0. The molecule has 9 heteroatoms. The highest BCUT2D eigenvalue weighted by molar-refractivity contribution is 6.12. The van der Waals surface area contributed by atoms with Crippen molar-refractivity contribution in [2.24, 2.45) is 0 Å². The molecule has 8 nitrogen and oxygen atoms in total. The zero-order valence-corrected chi connectivity index (χ0v) is 28.7. The van der Waals surface area contributed by atoms with Crippen molar-refractivity contribution in [3.05, 3.63) is 138 Å². The fraction of sp³-hybridized carbons (Fsp3) is 0.268. The summed E-state index contributed by atoms with van der Waals surface area (Å²) in [6.45, 7) is 5.21. The van der Waals surface area contributed by atoms with E-state index < -0.39 is 24.6 Å². The molecule has 0 spiro atoms. The maximum atomic E-state index is 14.0. The van der Waals surface area contributed by atoms with Crippen LogP contribution in [0.15, 0.2) is 115 Å². The van der Waals surface area contributed by atoms with Gasteiger partial charge in [0, 0.05) is 30.0 Å². The number of carbonyl (C=O) groups excluding carboxylic acids is 1. The minimum Gasteiger partial charge on any atom is -0.481 e. The first-order valence-corrected chi connectivity index (χ1v) is 16.8. The van der Waals surface area contributed by atoms with Crippen molar-refractivity contribution >= 4 is 17.6 Å². The van der Waals surface area contributed by atoms with E-state index in [0.29, 0.717) is 28.1 Å². The third-order valence-electron chi connectivity index (χ3n) is 8.15. The second-order valence-electron chi connectivity index (χ2n) is 12.4. The summed E-state index contributed by atoms with van der Waals surface area (Å²) in [6.07, 6.45) is -2.51. The van der Waals surface area contributed by atoms with Crippen LogP contribution in [0.4, 0.5) is 10.1 Å². The SMILES string of the molecule is CC(C)c1c(C(=O)Nc2ccccc2)c(-c2ccccc2)c(-c2ccc(F)cc2)n1CC[C@@H](O)C[C@@H](O)CC(=O)O.CNCc1ccccc1. The van der Waals surface area contributed by atoms with Gasteiger partial charge in [0.25, 0.3) is 5.91 Å². The molecule has 2 atom stereocenters. The molecule has 1 amide bonds. The Hall–Kier alpha value is -5.09. The van der Waals surface area contributed by atoms with Crippen LogP contribution in [0.2, 0.25) is 0 Å². The van der Waals surface area contributed by atoms with Gasteiger partial charge in [0.15, 0.2) is 0 Å². The van der Waals surface area contributed by atoms with E-state index in [1.54, 1.807) is 12.1 Å². The van der Waals surface area contributed by atoms with Crippen molar-refractivity contribution in [3.8, 4) is 22.4 Å². The lowest BCUT2D eigenvalue weighted by molar-refractivity contribution is -0.139. The molecular formula is C41H46FN3O5. The first-order chi connectivity index (χ1) is 24.1. The largest absolute Gasteiger partial charge is 0.481 e. The van der Waals surface area contributed by atoms with Gasteiger partial charge in [-0.15, -0.1) is 0 Å². The Morgan fingerprint density at radius 1 is 0.780 bits per heavy atom. The van der Waals surface area contributed by atoms with E-state index in [2.05, 4.69) is 22.8 Å². The molecule has 0 aliphatic carbocycles. The van der Waals surface area contributed by atoms with Gasteiger partial charge >= 0.3 is 5.97 Å². The van der Waals surface area contributed by atoms with Gasteiger partial charge in [-0.05, 0) is 78.9 Å². The number of carboxylic acids is 1. The number of aliphatic hydroxyl groups excluding tert-OH is 2. The number of aliphatic carboxylic acids is 1. The van der Waals surface area contributed by atoms with Crippen molar-refractivity contribution in [2.75, 3.05) is 12.4 Å². The van der Waals surface area contributed by atoms with Crippen LogP contribution in [-0.4, -0.2) is 51.0 Å². The van der Waals surface area contributed by atoms with Crippen LogP contribution in [0.5, 0.6) is 0 Å². The maximum absolute atomic E-state index is 14.0. The predicted octanol–water partition coefficient (Wildman–Crippen LogP) is 7.72. The average molecular weight is 680 g/mol. The molecule has 4 aromatic carbocycles. The molecule has 1 heterocycles. The molecule has 5 rings (SSSR count). The lowest BCUT2D eigenvalue weighted by Gasteiger charge is -2.20. The van der Waals surface area contributed by atoms with E-state index in [-0.39, 0.29) is 37.0 Å². The lowest BCUT2D eigenvalue weighted by atomic mass is 9.94. The molecule has 0 aliphatic rings. The summed E-state index contributed by atoms with van der Waals surface area (Å²) in [4.78, 5) is 25.0. The Labute approximate surface area is 293 Å². The van der Waals surface area contributed by atoms with E-state index >= 15 is 0 Å². The third-order valence-corrected chi connectivity index (χ3v) is 8.15. The van der Waals surface area contributed by atoms with E-state index in [0.717, 1.165) is 17.8 Å². The maximum Gasteiger partial charge on any atom is 0.305 e. The number of aliphatic hydroxyl groups is 2. The smallest absolute Gasteiger partial charge is 0.305 e. The number of hydrogen-bond donors (Lipinski definition) is 5. The first kappa shape index (κ1) is 37.7. The topological polar surface area (TPSA) is 124 Å². The number of carboxylic acid groups (broad SMARTS) is 1. The summed E-state index contributed by atoms with van der Waals surface area (Å²) in [5.41, 5.74) is 6.11. The Morgan fingerprint density at radius 3 is 1.92 bits per heavy atom. The highest BCUT2D eigenvalue weighted by Gasteiger charge is 2.31. The van der Waals surface area contributed by atoms with E-state index in [9.17, 15) is 24.2 Å². The normalized spacial score (nSPS) is 12.1. The zero-order valence-electron chi connectivity index (χ0n) is 28.7. The molecule has 0 saturated carbocycles. The second-order valence-corrected chi connectivity index (χ2v) is 12.4. The van der Waals surface area contributed by atoms with E-state index in [4.69, 9.17) is 5.11 Å². The van der Waals surface area contributed by atoms with Crippen molar-refractivity contribution in [3.63, 3.8) is 0 Å². The first-order valence-electron chi connectivity index (χ1n) is 16.8. The molecule has 0 aliphatic heterocycles. The van der Waals surface area contributed by atoms with Crippen LogP contribution >= 0.6 is 0 Å². The molecule has 0 radical (unpaired) electrons. The molecule has 0 unspecified atom stereocenters. The summed E-state index contributed by atoms with van der Waals surface area (Å²) in [5, 5.41) is 35.9. The molecule has 0 saturated heterocycles. The van der Waals surface area contributed by atoms with Crippen LogP contribution in [0.3, 0.4) is 0 Å². The Balaban J connectivity index is 0.000000541. The monoisotopic (exact) mass is 679 g/mol. The van der Waals surface area contributed by atoms with Crippen LogP contribution in [0, 0.1) is 5.82 Å². The number of nitrogens with one attached hydrogen (secondary N) is 2. The number of hydrogen-bond acceptors (Lipinski definition) is 5. The van der Waals surface area contributed by atoms with E-state index in [1.165, 1.54) is 17.7 Å². The number of para-hydroxylation sites is 1. The van der Waals surface area contributed by atoms with Crippen LogP contribution < -0.4 is 10.6 Å². The van der Waals surface area contributed by atoms with Gasteiger partial charge in [0.2, 0.25) is 0 Å². The van der Waals surface area contributed by atoms with Crippen LogP contribution in [0.1, 0.15) is 60.6 Å². The molecule has 50 heavy (non-hydrogen) atoms. The number of rotatable bonds is 14. The van der Waals surface area contributed by atoms with Gasteiger partial charge in [-0.2, -0.15) is 0 Å². The standard InChI is InChI=1S/C33H35FN2O5.C8H11N/c1-21(2)31-30(33(41)35-25-11-7-4-8-12-25)29(22-9-5-3-6-10-22)32(23-13-15-24(34)16-14-23)36(31)18-17-26(37)19-27(38)20-28(39)40;1-9-7-8-5-3-2-4-6-8/h3-16,21,26-27,37-38H,17-20H2,1-2H3,(H,35,41)(H,39,40);2-6,9H,7H2,1H3/t26-,27-;/m1./s1. The molecule has 1 aromatic heterocycles. The molecule has 5 aromatic rings. The van der Waals surface area contributed by atoms with Gasteiger partial charge in [-0.3, -0.25) is 9.59 Å². The molecule has 262 valence electrons. The Bertz CT molecular complexity index is 1790. The quantitative estimate of drug-likeness (QED) is 0.0819. The average Bonchev–Trinajstić information content (AvgIpc) is 3.45. The fourth-order valence-electron chi connectivity index (χ4n) is 6.00. The number of halogens is 1. The van der Waals surface area contributed by atoms with Gasteiger partial charge in [-0.25, -0.2) is 4.39 Å². The van der Waals surface area contributed by atoms with E-state index in [1.807, 2.05) is 104 Å². The van der Waals surface area contributed by atoms with Crippen molar-refractivity contribution in [1.29, 1.82) is 0 Å². The molecule has 5 N–H and O–H groups in total. The number of nitrogens with zero attached hydrogens (tertiary/aromatic N) is 1. The molecule has 0 bridgehead atoms. The molecule has 0 fully saturated rings. The van der Waals surface area contributed by atoms with Gasteiger partial charge in [0.05, 0.1) is 29.9 Å². The van der Waals surface area contributed by atoms with Crippen molar-refractivity contribution in [1.82, 2.24) is 9.88 Å². The fourth-order valence-corrected chi connectivity index (χ4v) is 6.00. The van der Waals surface area contributed by atoms with Crippen molar-refractivity contribution < 1.29 is 29.3 Å². The van der Waals surface area contributed by atoms with Crippen molar-refractivity contribution in [2.45, 2.75) is 64.3 Å². The molecular weight excluding hydrogens is 633 g/mol. The summed E-state index contributed by atoms with van der Waals surface area (Å²) < 4.78 is 16.0. The number of benzene rings is 4. The third kappa shape index (κ3) is 10.5. The summed E-state index contributed by atoms with van der Waals surface area (Å²) in [5.74, 6) is -1.93. The van der Waals surface area contributed by atoms with Crippen LogP contribution in [-0.2, 0) is 17.9 Å². The summed E-state index contributed by atoms with van der Waals surface area (Å²) >= 11 is 0. The minimum absolute atomic E-state index is 0.0939. The van der Waals surface area contributed by atoms with Gasteiger partial charge in [-0.1, -0.05) is 92.7 Å². The number of aromatic nitrogens is 1. The lowest BCUT2D eigenvalue weighted by Crippen LogP contribution is -2.22. The van der Waals surface area contributed by atoms with Gasteiger partial charge < -0.3 is 30.5 Å². The Morgan fingerprint density at radius 2 is 1.36 bits per heavy atom. The number of anilines is 1. The summed E-state index contributed by atoms with van der Waals surface area (Å²) in [6, 6.07) is 35.1. The second kappa shape index (κ2) is 18.6. The number of amides is 1. The summed E-state index contributed by atoms with van der Waals surface area (Å²) in [7, 11) is 1.95. The van der Waals surface area contributed by atoms with Gasteiger partial charge in [0.1, 0.15) is 5.82 Å². The van der Waals surface area contributed by atoms with Crippen LogP contribution in [0.25, 0.3) is 22.4 Å². The Kier molecular flexibility index (Phi) is 14.0.